The molecule has 0 amide bonds. The number of Topliss-reactive ketones (excluding diaryl/α,β-unsaturated/α-hetero) is 1. The standard InChI is InChI=1S/C26H39N3O2/c1-8-10-15-22(21-13-11-12-14-21)28-24(9-2)29-25(20(6)27)26(30)19(5)16-17-23(31-7)18(3)4/h9-10,15-17,21,29H,3,8,11-14,27H2,1-2,4-7H3/b15-10+,19-16+,23-17+,24-9+,25-20?,28-22-. The molecule has 0 aromatic carbocycles. The summed E-state index contributed by atoms with van der Waals surface area (Å²) in [6, 6.07) is 0. The molecule has 0 atom stereocenters. The molecular weight excluding hydrogens is 386 g/mol. The van der Waals surface area contributed by atoms with Gasteiger partial charge in [-0.1, -0.05) is 38.5 Å². The van der Waals surface area contributed by atoms with Crippen LogP contribution in [0.5, 0.6) is 0 Å². The van der Waals surface area contributed by atoms with Crippen molar-refractivity contribution in [2.45, 2.75) is 66.7 Å². The van der Waals surface area contributed by atoms with Gasteiger partial charge in [-0.2, -0.15) is 0 Å². The van der Waals surface area contributed by atoms with E-state index in [2.05, 4.69) is 31.0 Å². The Labute approximate surface area is 188 Å². The molecule has 0 aliphatic heterocycles. The SMILES string of the molecule is C=C(C)/C(=C\C=C(/C)C(=O)C(NC(=C/C)/N=C(/C=C/CC)C1CCCC1)=C(C)N)OC. The predicted molar refractivity (Wildman–Crippen MR) is 131 cm³/mol. The van der Waals surface area contributed by atoms with Crippen LogP contribution < -0.4 is 11.1 Å². The summed E-state index contributed by atoms with van der Waals surface area (Å²) >= 11 is 0. The van der Waals surface area contributed by atoms with Gasteiger partial charge in [0, 0.05) is 17.3 Å². The third kappa shape index (κ3) is 8.44. The van der Waals surface area contributed by atoms with E-state index in [9.17, 15) is 4.79 Å². The molecule has 0 aromatic rings. The van der Waals surface area contributed by atoms with Crippen LogP contribution in [-0.4, -0.2) is 18.6 Å². The number of carbonyl (C=O) groups is 1. The third-order valence-corrected chi connectivity index (χ3v) is 5.18. The van der Waals surface area contributed by atoms with Gasteiger partial charge in [0.25, 0.3) is 0 Å². The zero-order chi connectivity index (χ0) is 23.4. The van der Waals surface area contributed by atoms with E-state index in [-0.39, 0.29) is 5.78 Å². The minimum Gasteiger partial charge on any atom is -0.497 e. The van der Waals surface area contributed by atoms with E-state index in [1.54, 1.807) is 33.1 Å². The first kappa shape index (κ1) is 26.2. The van der Waals surface area contributed by atoms with Gasteiger partial charge in [-0.3, -0.25) is 4.79 Å². The van der Waals surface area contributed by atoms with Gasteiger partial charge in [-0.25, -0.2) is 4.99 Å². The monoisotopic (exact) mass is 425 g/mol. The highest BCUT2D eigenvalue weighted by atomic mass is 16.5. The van der Waals surface area contributed by atoms with Crippen LogP contribution in [0.1, 0.15) is 66.7 Å². The predicted octanol–water partition coefficient (Wildman–Crippen LogP) is 5.85. The Morgan fingerprint density at radius 2 is 1.87 bits per heavy atom. The van der Waals surface area contributed by atoms with Gasteiger partial charge in [0.15, 0.2) is 0 Å². The first-order valence-electron chi connectivity index (χ1n) is 11.0. The van der Waals surface area contributed by atoms with Crippen LogP contribution in [0.3, 0.4) is 0 Å². The number of hydrogen-bond donors (Lipinski definition) is 2. The Kier molecular flexibility index (Phi) is 11.4. The Hall–Kier alpha value is -2.82. The maximum Gasteiger partial charge on any atom is 0.206 e. The zero-order valence-corrected chi connectivity index (χ0v) is 20.0. The highest BCUT2D eigenvalue weighted by Gasteiger charge is 2.20. The number of nitrogens with two attached hydrogens (primary N) is 1. The van der Waals surface area contributed by atoms with Crippen molar-refractivity contribution in [2.75, 3.05) is 7.11 Å². The molecule has 3 N–H and O–H groups in total. The van der Waals surface area contributed by atoms with Crippen LogP contribution in [0.25, 0.3) is 0 Å². The van der Waals surface area contributed by atoms with Crippen LogP contribution in [0.15, 0.2) is 76.1 Å². The number of nitrogens with one attached hydrogen (secondary N) is 1. The van der Waals surface area contributed by atoms with Crippen LogP contribution in [0.4, 0.5) is 0 Å². The van der Waals surface area contributed by atoms with Crippen LogP contribution in [0.2, 0.25) is 0 Å². The molecule has 0 spiro atoms. The van der Waals surface area contributed by atoms with Crippen LogP contribution >= 0.6 is 0 Å². The second kappa shape index (κ2) is 13.5. The molecule has 5 heteroatoms. The molecule has 0 saturated heterocycles. The first-order valence-corrected chi connectivity index (χ1v) is 11.0. The number of ketones is 1. The normalized spacial score (nSPS) is 17.7. The summed E-state index contributed by atoms with van der Waals surface area (Å²) in [7, 11) is 1.58. The average molecular weight is 426 g/mol. The lowest BCUT2D eigenvalue weighted by Gasteiger charge is -2.15. The van der Waals surface area contributed by atoms with E-state index in [1.165, 1.54) is 12.8 Å². The van der Waals surface area contributed by atoms with Gasteiger partial charge in [0.2, 0.25) is 5.78 Å². The smallest absolute Gasteiger partial charge is 0.206 e. The molecule has 1 fully saturated rings. The molecular formula is C26H39N3O2. The zero-order valence-electron chi connectivity index (χ0n) is 20.0. The second-order valence-electron chi connectivity index (χ2n) is 7.88. The molecule has 1 rings (SSSR count). The Morgan fingerprint density at radius 3 is 2.35 bits per heavy atom. The lowest BCUT2D eigenvalue weighted by molar-refractivity contribution is -0.112. The Morgan fingerprint density at radius 1 is 1.23 bits per heavy atom. The maximum absolute atomic E-state index is 13.1. The fourth-order valence-corrected chi connectivity index (χ4v) is 3.35. The summed E-state index contributed by atoms with van der Waals surface area (Å²) in [6.07, 6.45) is 15.3. The summed E-state index contributed by atoms with van der Waals surface area (Å²) in [5.74, 6) is 1.52. The van der Waals surface area contributed by atoms with E-state index in [0.717, 1.165) is 30.5 Å². The highest BCUT2D eigenvalue weighted by Crippen LogP contribution is 2.27. The van der Waals surface area contributed by atoms with Gasteiger partial charge >= 0.3 is 0 Å². The lowest BCUT2D eigenvalue weighted by Crippen LogP contribution is -2.25. The van der Waals surface area contributed by atoms with Crippen molar-refractivity contribution in [1.82, 2.24) is 5.32 Å². The minimum atomic E-state index is -0.186. The number of methoxy groups -OCH3 is 1. The first-order chi connectivity index (χ1) is 14.7. The molecule has 0 aromatic heterocycles. The molecule has 0 bridgehead atoms. The number of hydrogen-bond acceptors (Lipinski definition) is 5. The summed E-state index contributed by atoms with van der Waals surface area (Å²) in [6.45, 7) is 13.2. The van der Waals surface area contributed by atoms with Crippen molar-refractivity contribution in [2.24, 2.45) is 16.6 Å². The molecule has 31 heavy (non-hydrogen) atoms. The van der Waals surface area contributed by atoms with E-state index >= 15 is 0 Å². The maximum atomic E-state index is 13.1. The number of rotatable bonds is 11. The number of allylic oxidation sites excluding steroid dienone is 8. The van der Waals surface area contributed by atoms with Crippen molar-refractivity contribution < 1.29 is 9.53 Å². The Bertz CT molecular complexity index is 829. The van der Waals surface area contributed by atoms with Gasteiger partial charge < -0.3 is 15.8 Å². The van der Waals surface area contributed by atoms with Crippen molar-refractivity contribution >= 4 is 11.5 Å². The van der Waals surface area contributed by atoms with E-state index in [0.29, 0.717) is 34.5 Å². The minimum absolute atomic E-state index is 0.186. The quantitative estimate of drug-likeness (QED) is 0.188. The highest BCUT2D eigenvalue weighted by molar-refractivity contribution is 6.08. The number of ether oxygens (including phenoxy) is 1. The van der Waals surface area contributed by atoms with Crippen molar-refractivity contribution in [3.63, 3.8) is 0 Å². The molecule has 0 unspecified atom stereocenters. The number of carbonyl (C=O) groups excluding carboxylic acids is 1. The summed E-state index contributed by atoms with van der Waals surface area (Å²) in [5, 5.41) is 3.17. The molecule has 5 nitrogen and oxygen atoms in total. The molecule has 1 aliphatic carbocycles. The molecule has 1 aliphatic rings. The number of nitrogens with zero attached hydrogens (tertiary/aromatic N) is 1. The summed E-state index contributed by atoms with van der Waals surface area (Å²) in [5.41, 5.74) is 9.19. The fraction of sp³-hybridized carbons (Fsp3) is 0.462. The third-order valence-electron chi connectivity index (χ3n) is 5.18. The topological polar surface area (TPSA) is 76.7 Å². The molecule has 0 radical (unpaired) electrons. The largest absolute Gasteiger partial charge is 0.497 e. The van der Waals surface area contributed by atoms with E-state index in [4.69, 9.17) is 15.5 Å². The van der Waals surface area contributed by atoms with Crippen molar-refractivity contribution in [3.8, 4) is 0 Å². The number of aliphatic imine (C=N–C) groups is 1. The lowest BCUT2D eigenvalue weighted by atomic mass is 10.0. The molecule has 0 heterocycles. The van der Waals surface area contributed by atoms with Crippen LogP contribution in [0, 0.1) is 5.92 Å². The fourth-order valence-electron chi connectivity index (χ4n) is 3.35. The van der Waals surface area contributed by atoms with Crippen molar-refractivity contribution in [3.05, 3.63) is 71.1 Å². The van der Waals surface area contributed by atoms with Crippen molar-refractivity contribution in [1.29, 1.82) is 0 Å². The summed E-state index contributed by atoms with van der Waals surface area (Å²) < 4.78 is 5.28. The van der Waals surface area contributed by atoms with Gasteiger partial charge in [-0.15, -0.1) is 0 Å². The van der Waals surface area contributed by atoms with E-state index < -0.39 is 0 Å². The Balaban J connectivity index is 3.17. The molecule has 170 valence electrons. The van der Waals surface area contributed by atoms with Gasteiger partial charge in [0.05, 0.1) is 7.11 Å². The molecule has 1 saturated carbocycles. The average Bonchev–Trinajstić information content (AvgIpc) is 3.27. The van der Waals surface area contributed by atoms with E-state index in [1.807, 2.05) is 19.9 Å². The van der Waals surface area contributed by atoms with Gasteiger partial charge in [0.1, 0.15) is 17.3 Å². The second-order valence-corrected chi connectivity index (χ2v) is 7.88. The summed E-state index contributed by atoms with van der Waals surface area (Å²) in [4.78, 5) is 17.9. The van der Waals surface area contributed by atoms with Crippen LogP contribution in [-0.2, 0) is 9.53 Å². The van der Waals surface area contributed by atoms with Gasteiger partial charge in [-0.05, 0) is 76.3 Å².